The van der Waals surface area contributed by atoms with Crippen molar-refractivity contribution in [1.82, 2.24) is 0 Å². The third kappa shape index (κ3) is 11.7. The average molecular weight is 786 g/mol. The van der Waals surface area contributed by atoms with Gasteiger partial charge < -0.3 is 32.3 Å². The van der Waals surface area contributed by atoms with E-state index in [0.717, 1.165) is 15.6 Å². The van der Waals surface area contributed by atoms with Gasteiger partial charge in [-0.1, -0.05) is 41.9 Å². The normalized spacial score (nSPS) is 24.6. The molecule has 2 aromatic carbocycles. The van der Waals surface area contributed by atoms with E-state index in [0.29, 0.717) is 17.7 Å². The molecule has 0 amide bonds. The van der Waals surface area contributed by atoms with E-state index in [-0.39, 0.29) is 12.5 Å². The topological polar surface area (TPSA) is 75.6 Å². The van der Waals surface area contributed by atoms with E-state index in [4.69, 9.17) is 27.2 Å². The first-order valence-electron chi connectivity index (χ1n) is 16.9. The number of benzene rings is 2. The molecule has 1 aliphatic rings. The van der Waals surface area contributed by atoms with Crippen molar-refractivity contribution in [2.45, 2.75) is 135 Å². The molecule has 0 saturated carbocycles. The second-order valence-corrected chi connectivity index (χ2v) is 35.8. The van der Waals surface area contributed by atoms with Crippen LogP contribution in [0.4, 0.5) is 0 Å². The van der Waals surface area contributed by atoms with Gasteiger partial charge >= 0.3 is 0 Å². The van der Waals surface area contributed by atoms with Crippen LogP contribution in [0.1, 0.15) is 42.0 Å². The summed E-state index contributed by atoms with van der Waals surface area (Å²) < 4.78 is 41.6. The van der Waals surface area contributed by atoms with Crippen LogP contribution >= 0.6 is 15.9 Å². The Hall–Kier alpha value is -0.652. The Kier molecular flexibility index (Phi) is 13.3. The van der Waals surface area contributed by atoms with Crippen LogP contribution in [0.5, 0.6) is 5.75 Å². The standard InChI is InChI=1S/C35H61BrO7Si4/c1-24(2)28-22-30(38-3)29(21-26(28)20-25-16-18-27(36)19-17-25)35(37)34(43-47(13,14)15)33(42-46(10,11)12)32(41-45(7,8)9)31(40-35)23-39-44(4,5)6/h16-19,21-22,24,31-34,37H,20,23H2,1-15H3/t31-,32-,33+,34-,35?/m1/s1. The zero-order valence-electron chi connectivity index (χ0n) is 31.5. The molecule has 12 heteroatoms. The van der Waals surface area contributed by atoms with Crippen molar-refractivity contribution in [3.8, 4) is 5.75 Å². The summed E-state index contributed by atoms with van der Waals surface area (Å²) in [7, 11) is -6.95. The molecule has 47 heavy (non-hydrogen) atoms. The molecule has 1 aliphatic heterocycles. The minimum Gasteiger partial charge on any atom is -0.496 e. The number of methoxy groups -OCH3 is 1. The van der Waals surface area contributed by atoms with Crippen molar-refractivity contribution in [1.29, 1.82) is 0 Å². The van der Waals surface area contributed by atoms with Crippen molar-refractivity contribution in [2.75, 3.05) is 13.7 Å². The van der Waals surface area contributed by atoms with Crippen LogP contribution < -0.4 is 4.74 Å². The summed E-state index contributed by atoms with van der Waals surface area (Å²) in [5.41, 5.74) is 3.96. The molecule has 0 spiro atoms. The number of aliphatic hydroxyl groups is 1. The Labute approximate surface area is 297 Å². The van der Waals surface area contributed by atoms with E-state index in [1.807, 2.05) is 0 Å². The molecule has 7 nitrogen and oxygen atoms in total. The molecule has 0 bridgehead atoms. The Morgan fingerprint density at radius 1 is 0.787 bits per heavy atom. The van der Waals surface area contributed by atoms with Gasteiger partial charge in [-0.2, -0.15) is 0 Å². The molecular formula is C35H61BrO7Si4. The van der Waals surface area contributed by atoms with E-state index in [2.05, 4.69) is 145 Å². The van der Waals surface area contributed by atoms with Gasteiger partial charge in [-0.25, -0.2) is 0 Å². The maximum absolute atomic E-state index is 13.3. The van der Waals surface area contributed by atoms with Crippen LogP contribution in [-0.4, -0.2) is 76.5 Å². The lowest BCUT2D eigenvalue weighted by molar-refractivity contribution is -0.349. The quantitative estimate of drug-likeness (QED) is 0.192. The molecule has 1 N–H and O–H groups in total. The highest BCUT2D eigenvalue weighted by Crippen LogP contribution is 2.47. The molecule has 0 aromatic heterocycles. The first-order chi connectivity index (χ1) is 21.3. The summed E-state index contributed by atoms with van der Waals surface area (Å²) >= 11 is 3.57. The van der Waals surface area contributed by atoms with Crippen molar-refractivity contribution >= 4 is 49.2 Å². The van der Waals surface area contributed by atoms with Gasteiger partial charge in [0.2, 0.25) is 5.79 Å². The Morgan fingerprint density at radius 3 is 1.79 bits per heavy atom. The SMILES string of the molecule is COc1cc(C(C)C)c(Cc2ccc(Br)cc2)cc1C1(O)O[C@H](CO[Si](C)(C)C)[C@@H](O[Si](C)(C)C)[C@H](O[Si](C)(C)C)[C@H]1O[Si](C)(C)C. The van der Waals surface area contributed by atoms with E-state index in [9.17, 15) is 5.11 Å². The largest absolute Gasteiger partial charge is 0.496 e. The van der Waals surface area contributed by atoms with Crippen LogP contribution in [0.25, 0.3) is 0 Å². The van der Waals surface area contributed by atoms with Gasteiger partial charge in [-0.15, -0.1) is 0 Å². The van der Waals surface area contributed by atoms with Crippen molar-refractivity contribution in [2.24, 2.45) is 0 Å². The number of halogens is 1. The molecule has 2 aromatic rings. The first-order valence-corrected chi connectivity index (χ1v) is 31.3. The van der Waals surface area contributed by atoms with E-state index >= 15 is 0 Å². The van der Waals surface area contributed by atoms with Gasteiger partial charge in [0.25, 0.3) is 0 Å². The highest BCUT2D eigenvalue weighted by molar-refractivity contribution is 9.10. The van der Waals surface area contributed by atoms with Gasteiger partial charge in [-0.3, -0.25) is 0 Å². The molecule has 1 unspecified atom stereocenters. The monoisotopic (exact) mass is 784 g/mol. The molecule has 0 radical (unpaired) electrons. The van der Waals surface area contributed by atoms with Crippen molar-refractivity contribution in [3.05, 3.63) is 63.1 Å². The Morgan fingerprint density at radius 2 is 1.32 bits per heavy atom. The number of ether oxygens (including phenoxy) is 2. The summed E-state index contributed by atoms with van der Waals surface area (Å²) in [6.45, 7) is 30.5. The zero-order chi connectivity index (χ0) is 35.8. The predicted molar refractivity (Wildman–Crippen MR) is 207 cm³/mol. The zero-order valence-corrected chi connectivity index (χ0v) is 37.1. The maximum atomic E-state index is 13.3. The fraction of sp³-hybridized carbons (Fsp3) is 0.657. The first kappa shape index (κ1) is 40.8. The second kappa shape index (κ2) is 15.3. The number of rotatable bonds is 14. The van der Waals surface area contributed by atoms with Crippen LogP contribution in [0.15, 0.2) is 40.9 Å². The third-order valence-corrected chi connectivity index (χ3v) is 12.1. The van der Waals surface area contributed by atoms with Gasteiger partial charge in [0.15, 0.2) is 33.3 Å². The summed E-state index contributed by atoms with van der Waals surface area (Å²) in [5, 5.41) is 13.3. The van der Waals surface area contributed by atoms with Crippen LogP contribution in [0.3, 0.4) is 0 Å². The van der Waals surface area contributed by atoms with Crippen molar-refractivity contribution < 1.29 is 32.3 Å². The summed E-state index contributed by atoms with van der Waals surface area (Å²) in [6, 6.07) is 12.5. The van der Waals surface area contributed by atoms with Gasteiger partial charge in [-0.05, 0) is 132 Å². The minimum atomic E-state index is -2.30. The maximum Gasteiger partial charge on any atom is 0.225 e. The third-order valence-electron chi connectivity index (χ3n) is 7.62. The lowest BCUT2D eigenvalue weighted by Crippen LogP contribution is -2.69. The lowest BCUT2D eigenvalue weighted by atomic mass is 9.84. The predicted octanol–water partition coefficient (Wildman–Crippen LogP) is 9.23. The summed E-state index contributed by atoms with van der Waals surface area (Å²) in [4.78, 5) is 0. The molecule has 0 aliphatic carbocycles. The Balaban J connectivity index is 2.36. The van der Waals surface area contributed by atoms with Crippen molar-refractivity contribution in [3.63, 3.8) is 0 Å². The molecule has 5 atom stereocenters. The van der Waals surface area contributed by atoms with E-state index in [1.165, 1.54) is 5.56 Å². The number of hydrogen-bond acceptors (Lipinski definition) is 7. The fourth-order valence-corrected chi connectivity index (χ4v) is 10.0. The van der Waals surface area contributed by atoms with Gasteiger partial charge in [0, 0.05) is 4.47 Å². The summed E-state index contributed by atoms with van der Waals surface area (Å²) in [5.74, 6) is -1.12. The molecule has 1 saturated heterocycles. The van der Waals surface area contributed by atoms with E-state index in [1.54, 1.807) is 7.11 Å². The van der Waals surface area contributed by atoms with Crippen LogP contribution in [-0.2, 0) is 34.6 Å². The van der Waals surface area contributed by atoms with Gasteiger partial charge in [0.1, 0.15) is 30.2 Å². The fourth-order valence-electron chi connectivity index (χ4n) is 5.87. The smallest absolute Gasteiger partial charge is 0.225 e. The van der Waals surface area contributed by atoms with E-state index < -0.39 is 63.5 Å². The molecule has 1 heterocycles. The minimum absolute atomic E-state index is 0.231. The lowest BCUT2D eigenvalue weighted by Gasteiger charge is -2.54. The summed E-state index contributed by atoms with van der Waals surface area (Å²) in [6.07, 6.45) is -1.88. The molecular weight excluding hydrogens is 725 g/mol. The highest BCUT2D eigenvalue weighted by Gasteiger charge is 2.60. The molecule has 1 fully saturated rings. The van der Waals surface area contributed by atoms with Gasteiger partial charge in [0.05, 0.1) is 19.3 Å². The number of hydrogen-bond donors (Lipinski definition) is 1. The molecule has 3 rings (SSSR count). The molecule has 266 valence electrons. The highest BCUT2D eigenvalue weighted by atomic mass is 79.9. The second-order valence-electron chi connectivity index (χ2n) is 17.0. The Bertz CT molecular complexity index is 1330. The van der Waals surface area contributed by atoms with Crippen LogP contribution in [0, 0.1) is 0 Å². The average Bonchev–Trinajstić information content (AvgIpc) is 2.90. The van der Waals surface area contributed by atoms with Crippen LogP contribution in [0.2, 0.25) is 78.6 Å².